The molecule has 25 heavy (non-hydrogen) atoms. The Balaban J connectivity index is -0.000000293. The lowest BCUT2D eigenvalue weighted by molar-refractivity contribution is 0.0857. The number of hydrogen-bond acceptors (Lipinski definition) is 8. The van der Waals surface area contributed by atoms with Crippen LogP contribution in [0, 0.1) is 16.2 Å². The van der Waals surface area contributed by atoms with Crippen molar-refractivity contribution in [3.05, 3.63) is 0 Å². The van der Waals surface area contributed by atoms with Crippen molar-refractivity contribution >= 4 is 15.9 Å². The summed E-state index contributed by atoms with van der Waals surface area (Å²) < 4.78 is 0. The molecule has 0 unspecified atom stereocenters. The Morgan fingerprint density at radius 2 is 0.720 bits per heavy atom. The third kappa shape index (κ3) is 36.3. The number of rotatable bonds is 4. The number of aliphatic hydroxyl groups excluding tert-OH is 2. The van der Waals surface area contributed by atoms with E-state index in [9.17, 15) is 0 Å². The second-order valence-corrected chi connectivity index (χ2v) is 12.7. The van der Waals surface area contributed by atoms with Crippen LogP contribution in [-0.2, 0) is 0 Å². The van der Waals surface area contributed by atoms with Gasteiger partial charge in [0.1, 0.15) is 12.3 Å². The van der Waals surface area contributed by atoms with Gasteiger partial charge < -0.3 is 10.2 Å². The lowest BCUT2D eigenvalue weighted by Crippen LogP contribution is -2.20. The van der Waals surface area contributed by atoms with Gasteiger partial charge in [0.2, 0.25) is 0 Å². The van der Waals surface area contributed by atoms with Gasteiger partial charge in [0.05, 0.1) is 13.2 Å². The molecule has 0 rings (SSSR count). The van der Waals surface area contributed by atoms with Crippen LogP contribution in [0.15, 0.2) is 0 Å². The minimum absolute atomic E-state index is 0.0451. The standard InChI is InChI=1S/2C5H14O3P.C5H12O2/c2*1-5(2,3)4-9(6,7)8;1-5(2,3-6)4-7/h2*6-8H,4H2,1-3H3;6-7H,3-4H2,1-2H3/q2*+1;. The summed E-state index contributed by atoms with van der Waals surface area (Å²) in [6.45, 7) is 14.7. The summed E-state index contributed by atoms with van der Waals surface area (Å²) in [6.07, 6.45) is 0.139. The van der Waals surface area contributed by atoms with Crippen molar-refractivity contribution in [2.45, 2.75) is 55.4 Å². The van der Waals surface area contributed by atoms with Crippen molar-refractivity contribution in [3.63, 3.8) is 0 Å². The second-order valence-electron chi connectivity index (χ2n) is 9.30. The Labute approximate surface area is 153 Å². The molecule has 0 aromatic carbocycles. The predicted octanol–water partition coefficient (Wildman–Crippen LogP) is 1.54. The molecule has 0 radical (unpaired) electrons. The molecule has 0 aromatic heterocycles. The third-order valence-electron chi connectivity index (χ3n) is 2.23. The molecule has 0 aliphatic rings. The Morgan fingerprint density at radius 1 is 0.520 bits per heavy atom. The molecule has 0 aromatic rings. The van der Waals surface area contributed by atoms with Crippen molar-refractivity contribution in [1.29, 1.82) is 0 Å². The fourth-order valence-corrected chi connectivity index (χ4v) is 3.87. The van der Waals surface area contributed by atoms with Crippen LogP contribution in [0.5, 0.6) is 0 Å². The van der Waals surface area contributed by atoms with Gasteiger partial charge in [-0.2, -0.15) is 29.4 Å². The van der Waals surface area contributed by atoms with Crippen molar-refractivity contribution in [2.75, 3.05) is 25.5 Å². The SMILES string of the molecule is CC(C)(C)C[P+](O)(O)O.CC(C)(C)C[P+](O)(O)O.CC(C)(CO)CO. The average Bonchev–Trinajstić information content (AvgIpc) is 2.20. The van der Waals surface area contributed by atoms with E-state index in [0.29, 0.717) is 0 Å². The highest BCUT2D eigenvalue weighted by molar-refractivity contribution is 7.58. The highest BCUT2D eigenvalue weighted by Crippen LogP contribution is 2.49. The lowest BCUT2D eigenvalue weighted by Gasteiger charge is -2.16. The van der Waals surface area contributed by atoms with Crippen LogP contribution in [0.2, 0.25) is 0 Å². The minimum atomic E-state index is -3.54. The fraction of sp³-hybridized carbons (Fsp3) is 1.00. The molecule has 0 atom stereocenters. The van der Waals surface area contributed by atoms with Crippen LogP contribution in [0.4, 0.5) is 0 Å². The molecule has 8 nitrogen and oxygen atoms in total. The summed E-state index contributed by atoms with van der Waals surface area (Å²) in [5, 5.41) is 16.9. The van der Waals surface area contributed by atoms with E-state index < -0.39 is 15.9 Å². The smallest absolute Gasteiger partial charge is 0.396 e. The predicted molar refractivity (Wildman–Crippen MR) is 104 cm³/mol. The van der Waals surface area contributed by atoms with Crippen LogP contribution in [-0.4, -0.2) is 65.1 Å². The van der Waals surface area contributed by atoms with Gasteiger partial charge in [-0.15, -0.1) is 0 Å². The van der Waals surface area contributed by atoms with Gasteiger partial charge in [0.15, 0.2) is 0 Å². The Hall–Kier alpha value is 0.540. The molecule has 0 amide bonds. The maximum Gasteiger partial charge on any atom is 0.404 e. The van der Waals surface area contributed by atoms with E-state index in [1.165, 1.54) is 0 Å². The Bertz CT molecular complexity index is 279. The van der Waals surface area contributed by atoms with Crippen LogP contribution in [0.25, 0.3) is 0 Å². The highest BCUT2D eigenvalue weighted by atomic mass is 31.2. The summed E-state index contributed by atoms with van der Waals surface area (Å²) in [6, 6.07) is 0. The van der Waals surface area contributed by atoms with Crippen LogP contribution < -0.4 is 0 Å². The van der Waals surface area contributed by atoms with E-state index in [2.05, 4.69) is 0 Å². The monoisotopic (exact) mass is 410 g/mol. The molecule has 10 heteroatoms. The third-order valence-corrected chi connectivity index (χ3v) is 4.97. The zero-order valence-electron chi connectivity index (χ0n) is 16.8. The fourth-order valence-electron chi connectivity index (χ4n) is 1.32. The minimum Gasteiger partial charge on any atom is -0.396 e. The van der Waals surface area contributed by atoms with Crippen LogP contribution >= 0.6 is 15.9 Å². The van der Waals surface area contributed by atoms with Crippen molar-refractivity contribution in [2.24, 2.45) is 16.2 Å². The quantitative estimate of drug-likeness (QED) is 0.324. The molecule has 0 saturated heterocycles. The summed E-state index contributed by atoms with van der Waals surface area (Å²) in [5.41, 5.74) is -0.738. The van der Waals surface area contributed by atoms with Gasteiger partial charge in [-0.05, 0) is 0 Å². The molecule has 0 spiro atoms. The summed E-state index contributed by atoms with van der Waals surface area (Å²) in [4.78, 5) is 51.5. The molecule has 156 valence electrons. The van der Waals surface area contributed by atoms with E-state index in [1.54, 1.807) is 13.8 Å². The lowest BCUT2D eigenvalue weighted by atomic mass is 9.97. The summed E-state index contributed by atoms with van der Waals surface area (Å²) in [5.74, 6) is 0. The highest BCUT2D eigenvalue weighted by Gasteiger charge is 2.36. The van der Waals surface area contributed by atoms with Gasteiger partial charge in [-0.3, -0.25) is 0 Å². The number of aliphatic hydroxyl groups is 2. The summed E-state index contributed by atoms with van der Waals surface area (Å²) >= 11 is 0. The van der Waals surface area contributed by atoms with Gasteiger partial charge in [0.25, 0.3) is 0 Å². The van der Waals surface area contributed by atoms with Gasteiger partial charge in [0, 0.05) is 16.2 Å². The molecular formula is C15H40O8P2+2. The topological polar surface area (TPSA) is 162 Å². The first-order valence-electron chi connectivity index (χ1n) is 7.88. The first kappa shape index (κ1) is 30.3. The van der Waals surface area contributed by atoms with E-state index in [1.807, 2.05) is 41.5 Å². The largest absolute Gasteiger partial charge is 0.404 e. The Kier molecular flexibility index (Phi) is 13.8. The van der Waals surface area contributed by atoms with E-state index in [-0.39, 0.29) is 41.8 Å². The van der Waals surface area contributed by atoms with Gasteiger partial charge >= 0.3 is 15.9 Å². The Morgan fingerprint density at radius 3 is 0.720 bits per heavy atom. The van der Waals surface area contributed by atoms with Gasteiger partial charge in [-0.25, -0.2) is 0 Å². The molecule has 0 aliphatic carbocycles. The molecule has 8 N–H and O–H groups in total. The van der Waals surface area contributed by atoms with E-state index >= 15 is 0 Å². The summed E-state index contributed by atoms with van der Waals surface area (Å²) in [7, 11) is -7.07. The molecule has 0 heterocycles. The zero-order chi connectivity index (χ0) is 21.3. The van der Waals surface area contributed by atoms with E-state index in [0.717, 1.165) is 0 Å². The van der Waals surface area contributed by atoms with Gasteiger partial charge in [-0.1, -0.05) is 55.4 Å². The molecule has 0 bridgehead atoms. The van der Waals surface area contributed by atoms with Crippen LogP contribution in [0.1, 0.15) is 55.4 Å². The first-order chi connectivity index (χ1) is 10.5. The molecule has 0 aliphatic heterocycles. The van der Waals surface area contributed by atoms with Crippen molar-refractivity contribution < 1.29 is 39.6 Å². The molecular weight excluding hydrogens is 370 g/mol. The van der Waals surface area contributed by atoms with Crippen molar-refractivity contribution in [3.8, 4) is 0 Å². The van der Waals surface area contributed by atoms with Crippen LogP contribution in [0.3, 0.4) is 0 Å². The average molecular weight is 410 g/mol. The normalized spacial score (nSPS) is 13.4. The molecule has 0 fully saturated rings. The zero-order valence-corrected chi connectivity index (χ0v) is 18.6. The number of hydrogen-bond donors (Lipinski definition) is 8. The second kappa shape index (κ2) is 11.4. The maximum atomic E-state index is 8.58. The van der Waals surface area contributed by atoms with E-state index in [4.69, 9.17) is 39.6 Å². The first-order valence-corrected chi connectivity index (χ1v) is 11.5. The molecule has 0 saturated carbocycles. The van der Waals surface area contributed by atoms with Crippen molar-refractivity contribution in [1.82, 2.24) is 0 Å². The maximum absolute atomic E-state index is 8.58.